The SMILES string of the molecule is CNCc1cc(Cl)cc(Cl)c1OC.Cl. The Balaban J connectivity index is 0.00000169. The Bertz CT molecular complexity index is 304. The topological polar surface area (TPSA) is 21.3 Å². The zero-order valence-corrected chi connectivity index (χ0v) is 10.3. The number of ether oxygens (including phenoxy) is 1. The Hall–Kier alpha value is -0.150. The number of benzene rings is 1. The first kappa shape index (κ1) is 13.8. The largest absolute Gasteiger partial charge is 0.495 e. The quantitative estimate of drug-likeness (QED) is 0.897. The van der Waals surface area contributed by atoms with Crippen LogP contribution in [0.2, 0.25) is 10.0 Å². The van der Waals surface area contributed by atoms with Crippen molar-refractivity contribution in [3.63, 3.8) is 0 Å². The van der Waals surface area contributed by atoms with Gasteiger partial charge >= 0.3 is 0 Å². The molecule has 0 spiro atoms. The number of hydrogen-bond donors (Lipinski definition) is 1. The summed E-state index contributed by atoms with van der Waals surface area (Å²) in [4.78, 5) is 0. The molecular formula is C9H12Cl3NO. The van der Waals surface area contributed by atoms with Gasteiger partial charge in [0, 0.05) is 17.1 Å². The van der Waals surface area contributed by atoms with E-state index in [9.17, 15) is 0 Å². The van der Waals surface area contributed by atoms with Crippen LogP contribution in [0.1, 0.15) is 5.56 Å². The zero-order chi connectivity index (χ0) is 9.84. The van der Waals surface area contributed by atoms with E-state index >= 15 is 0 Å². The zero-order valence-electron chi connectivity index (χ0n) is 7.93. The Morgan fingerprint density at radius 1 is 1.36 bits per heavy atom. The van der Waals surface area contributed by atoms with Gasteiger partial charge in [-0.15, -0.1) is 12.4 Å². The second-order valence-electron chi connectivity index (χ2n) is 2.61. The monoisotopic (exact) mass is 255 g/mol. The molecule has 0 saturated heterocycles. The summed E-state index contributed by atoms with van der Waals surface area (Å²) in [6.45, 7) is 0.684. The highest BCUT2D eigenvalue weighted by Crippen LogP contribution is 2.31. The van der Waals surface area contributed by atoms with Crippen LogP contribution in [0.15, 0.2) is 12.1 Å². The maximum Gasteiger partial charge on any atom is 0.142 e. The minimum Gasteiger partial charge on any atom is -0.495 e. The molecule has 14 heavy (non-hydrogen) atoms. The van der Waals surface area contributed by atoms with Crippen molar-refractivity contribution in [3.05, 3.63) is 27.7 Å². The first-order chi connectivity index (χ1) is 6.19. The molecule has 0 fully saturated rings. The maximum absolute atomic E-state index is 5.93. The van der Waals surface area contributed by atoms with Gasteiger partial charge in [-0.1, -0.05) is 23.2 Å². The predicted octanol–water partition coefficient (Wildman–Crippen LogP) is 3.14. The summed E-state index contributed by atoms with van der Waals surface area (Å²) in [6.07, 6.45) is 0. The minimum absolute atomic E-state index is 0. The third-order valence-corrected chi connectivity index (χ3v) is 2.16. The summed E-state index contributed by atoms with van der Waals surface area (Å²) in [6, 6.07) is 3.50. The van der Waals surface area contributed by atoms with Crippen LogP contribution >= 0.6 is 35.6 Å². The van der Waals surface area contributed by atoms with Crippen molar-refractivity contribution in [3.8, 4) is 5.75 Å². The molecule has 5 heteroatoms. The van der Waals surface area contributed by atoms with Crippen LogP contribution in [0.3, 0.4) is 0 Å². The van der Waals surface area contributed by atoms with Crippen molar-refractivity contribution in [2.75, 3.05) is 14.2 Å². The van der Waals surface area contributed by atoms with E-state index in [1.165, 1.54) is 0 Å². The van der Waals surface area contributed by atoms with Gasteiger partial charge < -0.3 is 10.1 Å². The van der Waals surface area contributed by atoms with Gasteiger partial charge in [0.05, 0.1) is 12.1 Å². The average Bonchev–Trinajstić information content (AvgIpc) is 2.04. The summed E-state index contributed by atoms with van der Waals surface area (Å²) in [5.41, 5.74) is 0.961. The van der Waals surface area contributed by atoms with E-state index in [2.05, 4.69) is 5.32 Å². The van der Waals surface area contributed by atoms with Crippen molar-refractivity contribution < 1.29 is 4.74 Å². The molecule has 2 nitrogen and oxygen atoms in total. The second kappa shape index (κ2) is 6.36. The van der Waals surface area contributed by atoms with E-state index in [1.807, 2.05) is 13.1 Å². The van der Waals surface area contributed by atoms with Gasteiger partial charge in [0.15, 0.2) is 0 Å². The lowest BCUT2D eigenvalue weighted by atomic mass is 10.2. The first-order valence-electron chi connectivity index (χ1n) is 3.85. The summed E-state index contributed by atoms with van der Waals surface area (Å²) in [7, 11) is 3.45. The van der Waals surface area contributed by atoms with Crippen LogP contribution in [-0.2, 0) is 6.54 Å². The molecule has 0 aromatic heterocycles. The molecule has 0 radical (unpaired) electrons. The van der Waals surface area contributed by atoms with Crippen molar-refractivity contribution in [1.29, 1.82) is 0 Å². The van der Waals surface area contributed by atoms with Gasteiger partial charge in [0.1, 0.15) is 5.75 Å². The lowest BCUT2D eigenvalue weighted by Gasteiger charge is -2.10. The first-order valence-corrected chi connectivity index (χ1v) is 4.61. The second-order valence-corrected chi connectivity index (χ2v) is 3.45. The summed E-state index contributed by atoms with van der Waals surface area (Å²) in [5.74, 6) is 0.681. The molecule has 1 N–H and O–H groups in total. The Kier molecular flexibility index (Phi) is 6.29. The standard InChI is InChI=1S/C9H11Cl2NO.ClH/c1-12-5-6-3-7(10)4-8(11)9(6)13-2;/h3-4,12H,5H2,1-2H3;1H. The molecule has 0 atom stereocenters. The number of nitrogens with one attached hydrogen (secondary N) is 1. The fourth-order valence-corrected chi connectivity index (χ4v) is 1.78. The third-order valence-electron chi connectivity index (χ3n) is 1.66. The maximum atomic E-state index is 5.93. The molecule has 0 aliphatic carbocycles. The third kappa shape index (κ3) is 3.21. The highest BCUT2D eigenvalue weighted by molar-refractivity contribution is 6.35. The molecule has 0 saturated carbocycles. The van der Waals surface area contributed by atoms with Crippen LogP contribution in [0.4, 0.5) is 0 Å². The lowest BCUT2D eigenvalue weighted by molar-refractivity contribution is 0.409. The summed E-state index contributed by atoms with van der Waals surface area (Å²) < 4.78 is 5.15. The number of hydrogen-bond acceptors (Lipinski definition) is 2. The van der Waals surface area contributed by atoms with Gasteiger partial charge in [-0.25, -0.2) is 0 Å². The smallest absolute Gasteiger partial charge is 0.142 e. The molecule has 1 rings (SSSR count). The Morgan fingerprint density at radius 3 is 2.50 bits per heavy atom. The minimum atomic E-state index is 0. The van der Waals surface area contributed by atoms with E-state index in [0.717, 1.165) is 5.56 Å². The van der Waals surface area contributed by atoms with Crippen LogP contribution < -0.4 is 10.1 Å². The molecule has 0 bridgehead atoms. The van der Waals surface area contributed by atoms with E-state index in [-0.39, 0.29) is 12.4 Å². The lowest BCUT2D eigenvalue weighted by Crippen LogP contribution is -2.06. The molecule has 0 heterocycles. The van der Waals surface area contributed by atoms with Crippen LogP contribution in [-0.4, -0.2) is 14.2 Å². The van der Waals surface area contributed by atoms with Gasteiger partial charge in [0.25, 0.3) is 0 Å². The summed E-state index contributed by atoms with van der Waals surface area (Å²) in [5, 5.41) is 4.18. The predicted molar refractivity (Wildman–Crippen MR) is 63.0 cm³/mol. The molecule has 0 aliphatic rings. The summed E-state index contributed by atoms with van der Waals surface area (Å²) >= 11 is 11.8. The molecule has 1 aromatic rings. The highest BCUT2D eigenvalue weighted by Gasteiger charge is 2.08. The van der Waals surface area contributed by atoms with E-state index < -0.39 is 0 Å². The number of rotatable bonds is 3. The number of methoxy groups -OCH3 is 1. The van der Waals surface area contributed by atoms with Crippen LogP contribution in [0.25, 0.3) is 0 Å². The molecule has 80 valence electrons. The van der Waals surface area contributed by atoms with Crippen molar-refractivity contribution in [2.24, 2.45) is 0 Å². The van der Waals surface area contributed by atoms with E-state index in [1.54, 1.807) is 13.2 Å². The molecule has 1 aromatic carbocycles. The Labute approximate surface area is 99.9 Å². The molecule has 0 unspecified atom stereocenters. The molecule has 0 amide bonds. The fourth-order valence-electron chi connectivity index (χ4n) is 1.16. The van der Waals surface area contributed by atoms with Gasteiger partial charge in [0.2, 0.25) is 0 Å². The van der Waals surface area contributed by atoms with E-state index in [4.69, 9.17) is 27.9 Å². The average molecular weight is 257 g/mol. The molecule has 0 aliphatic heterocycles. The Morgan fingerprint density at radius 2 is 2.00 bits per heavy atom. The van der Waals surface area contributed by atoms with Gasteiger partial charge in [-0.05, 0) is 19.2 Å². The van der Waals surface area contributed by atoms with Crippen molar-refractivity contribution in [1.82, 2.24) is 5.32 Å². The van der Waals surface area contributed by atoms with Crippen LogP contribution in [0.5, 0.6) is 5.75 Å². The van der Waals surface area contributed by atoms with Crippen molar-refractivity contribution >= 4 is 35.6 Å². The van der Waals surface area contributed by atoms with Gasteiger partial charge in [-0.3, -0.25) is 0 Å². The normalized spacial score (nSPS) is 9.43. The van der Waals surface area contributed by atoms with Crippen LogP contribution in [0, 0.1) is 0 Å². The van der Waals surface area contributed by atoms with Crippen molar-refractivity contribution in [2.45, 2.75) is 6.54 Å². The van der Waals surface area contributed by atoms with E-state index in [0.29, 0.717) is 22.3 Å². The fraction of sp³-hybridized carbons (Fsp3) is 0.333. The highest BCUT2D eigenvalue weighted by atomic mass is 35.5. The number of halogens is 3. The van der Waals surface area contributed by atoms with Gasteiger partial charge in [-0.2, -0.15) is 0 Å². The molecular weight excluding hydrogens is 244 g/mol.